The summed E-state index contributed by atoms with van der Waals surface area (Å²) in [6.45, 7) is 3.99. The molecule has 0 bridgehead atoms. The largest absolute Gasteiger partial charge is 0.480 e. The number of carboxylic acid groups (broad SMARTS) is 1. The molecule has 0 fully saturated rings. The summed E-state index contributed by atoms with van der Waals surface area (Å²) < 4.78 is 0. The van der Waals surface area contributed by atoms with Gasteiger partial charge in [-0.3, -0.25) is 4.79 Å². The minimum Gasteiger partial charge on any atom is -0.480 e. The topological polar surface area (TPSA) is 37.3 Å². The zero-order chi connectivity index (χ0) is 9.90. The molecule has 0 saturated heterocycles. The monoisotopic (exact) mass is 180 g/mol. The third kappa shape index (κ3) is 1.82. The van der Waals surface area contributed by atoms with Crippen LogP contribution in [0.15, 0.2) is 24.3 Å². The summed E-state index contributed by atoms with van der Waals surface area (Å²) in [7, 11) is 0. The van der Waals surface area contributed by atoms with E-state index in [0.717, 1.165) is 6.42 Å². The lowest BCUT2D eigenvalue weighted by atomic mass is 9.79. The van der Waals surface area contributed by atoms with E-state index in [1.807, 2.05) is 31.2 Å². The first-order valence-electron chi connectivity index (χ1n) is 4.76. The van der Waals surface area contributed by atoms with E-state index >= 15 is 0 Å². The Labute approximate surface area is 79.0 Å². The lowest BCUT2D eigenvalue weighted by Gasteiger charge is -2.24. The highest BCUT2D eigenvalue weighted by Crippen LogP contribution is 2.31. The van der Waals surface area contributed by atoms with Gasteiger partial charge in [-0.2, -0.15) is 0 Å². The summed E-state index contributed by atoms with van der Waals surface area (Å²) in [6.07, 6.45) is 9.29. The van der Waals surface area contributed by atoms with E-state index in [1.54, 1.807) is 0 Å². The number of hydrogen-bond donors (Lipinski definition) is 1. The molecule has 0 atom stereocenters. The molecule has 72 valence electrons. The van der Waals surface area contributed by atoms with E-state index < -0.39 is 11.4 Å². The predicted octanol–water partition coefficient (Wildman–Crippen LogP) is 2.62. The predicted molar refractivity (Wildman–Crippen MR) is 52.4 cm³/mol. The van der Waals surface area contributed by atoms with Gasteiger partial charge in [0.1, 0.15) is 5.41 Å². The van der Waals surface area contributed by atoms with Gasteiger partial charge in [-0.1, -0.05) is 38.2 Å². The number of aliphatic carboxylic acids is 1. The maximum absolute atomic E-state index is 11.0. The molecular weight excluding hydrogens is 164 g/mol. The summed E-state index contributed by atoms with van der Waals surface area (Å²) >= 11 is 0. The molecule has 2 heteroatoms. The standard InChI is InChI=1S/C11H16O2/c1-3-9-5-7-11(4-2,8-6-9)10(12)13/h5-9H,3-4H2,1-2H3,(H,12,13). The van der Waals surface area contributed by atoms with E-state index in [4.69, 9.17) is 5.11 Å². The lowest BCUT2D eigenvalue weighted by molar-refractivity contribution is -0.143. The van der Waals surface area contributed by atoms with Crippen LogP contribution in [0.25, 0.3) is 0 Å². The van der Waals surface area contributed by atoms with Crippen LogP contribution in [0, 0.1) is 11.3 Å². The fraction of sp³-hybridized carbons (Fsp3) is 0.545. The number of carbonyl (C=O) groups is 1. The molecule has 13 heavy (non-hydrogen) atoms. The molecule has 0 unspecified atom stereocenters. The van der Waals surface area contributed by atoms with E-state index in [9.17, 15) is 4.79 Å². The second-order valence-electron chi connectivity index (χ2n) is 3.49. The molecule has 0 amide bonds. The van der Waals surface area contributed by atoms with Crippen molar-refractivity contribution in [3.05, 3.63) is 24.3 Å². The minimum atomic E-state index is -0.753. The maximum Gasteiger partial charge on any atom is 0.317 e. The smallest absolute Gasteiger partial charge is 0.317 e. The average molecular weight is 180 g/mol. The van der Waals surface area contributed by atoms with Crippen LogP contribution in [0.4, 0.5) is 0 Å². The Balaban J connectivity index is 2.85. The molecule has 0 aromatic heterocycles. The molecule has 1 aliphatic carbocycles. The van der Waals surface area contributed by atoms with Gasteiger partial charge in [-0.25, -0.2) is 0 Å². The molecule has 1 N–H and O–H groups in total. The van der Waals surface area contributed by atoms with E-state index in [1.165, 1.54) is 0 Å². The van der Waals surface area contributed by atoms with Crippen molar-refractivity contribution in [1.29, 1.82) is 0 Å². The molecule has 0 aliphatic heterocycles. The van der Waals surface area contributed by atoms with E-state index in [-0.39, 0.29) is 0 Å². The number of rotatable bonds is 3. The molecular formula is C11H16O2. The van der Waals surface area contributed by atoms with Crippen molar-refractivity contribution in [2.24, 2.45) is 11.3 Å². The Morgan fingerprint density at radius 2 is 1.92 bits per heavy atom. The Hall–Kier alpha value is -1.05. The Morgan fingerprint density at radius 1 is 1.38 bits per heavy atom. The second-order valence-corrected chi connectivity index (χ2v) is 3.49. The van der Waals surface area contributed by atoms with Crippen molar-refractivity contribution < 1.29 is 9.90 Å². The molecule has 2 nitrogen and oxygen atoms in total. The fourth-order valence-corrected chi connectivity index (χ4v) is 1.51. The molecule has 0 saturated carbocycles. The molecule has 0 spiro atoms. The van der Waals surface area contributed by atoms with Crippen LogP contribution in [0.5, 0.6) is 0 Å². The number of allylic oxidation sites excluding steroid dienone is 2. The highest BCUT2D eigenvalue weighted by atomic mass is 16.4. The molecule has 0 aromatic rings. The van der Waals surface area contributed by atoms with Crippen LogP contribution in [0.2, 0.25) is 0 Å². The third-order valence-corrected chi connectivity index (χ3v) is 2.74. The summed E-state index contributed by atoms with van der Waals surface area (Å²) in [4.78, 5) is 11.0. The quantitative estimate of drug-likeness (QED) is 0.678. The summed E-state index contributed by atoms with van der Waals surface area (Å²) in [6, 6.07) is 0. The Kier molecular flexibility index (Phi) is 2.91. The molecule has 0 radical (unpaired) electrons. The highest BCUT2D eigenvalue weighted by Gasteiger charge is 2.32. The van der Waals surface area contributed by atoms with Gasteiger partial charge in [0.05, 0.1) is 0 Å². The first kappa shape index (κ1) is 10.0. The van der Waals surface area contributed by atoms with Crippen LogP contribution in [0.3, 0.4) is 0 Å². The second kappa shape index (κ2) is 3.77. The van der Waals surface area contributed by atoms with Gasteiger partial charge in [0.15, 0.2) is 0 Å². The van der Waals surface area contributed by atoms with Gasteiger partial charge >= 0.3 is 5.97 Å². The van der Waals surface area contributed by atoms with E-state index in [0.29, 0.717) is 12.3 Å². The molecule has 1 rings (SSSR count). The van der Waals surface area contributed by atoms with E-state index in [2.05, 4.69) is 6.92 Å². The number of hydrogen-bond acceptors (Lipinski definition) is 1. The van der Waals surface area contributed by atoms with Crippen LogP contribution < -0.4 is 0 Å². The zero-order valence-corrected chi connectivity index (χ0v) is 8.16. The molecule has 1 aliphatic rings. The van der Waals surface area contributed by atoms with Crippen LogP contribution in [-0.2, 0) is 4.79 Å². The summed E-state index contributed by atoms with van der Waals surface area (Å²) in [5.74, 6) is -0.337. The van der Waals surface area contributed by atoms with Gasteiger partial charge in [0.2, 0.25) is 0 Å². The zero-order valence-electron chi connectivity index (χ0n) is 8.16. The van der Waals surface area contributed by atoms with Crippen molar-refractivity contribution in [3.63, 3.8) is 0 Å². The summed E-state index contributed by atoms with van der Waals surface area (Å²) in [5, 5.41) is 9.05. The van der Waals surface area contributed by atoms with Crippen molar-refractivity contribution in [2.45, 2.75) is 26.7 Å². The third-order valence-electron chi connectivity index (χ3n) is 2.74. The van der Waals surface area contributed by atoms with Crippen molar-refractivity contribution in [3.8, 4) is 0 Å². The lowest BCUT2D eigenvalue weighted by Crippen LogP contribution is -2.27. The van der Waals surface area contributed by atoms with Crippen LogP contribution in [-0.4, -0.2) is 11.1 Å². The normalized spacial score (nSPS) is 32.0. The average Bonchev–Trinajstić information content (AvgIpc) is 2.17. The Morgan fingerprint density at radius 3 is 2.23 bits per heavy atom. The van der Waals surface area contributed by atoms with Gasteiger partial charge in [-0.15, -0.1) is 0 Å². The Bertz CT molecular complexity index is 237. The first-order chi connectivity index (χ1) is 6.14. The fourth-order valence-electron chi connectivity index (χ4n) is 1.51. The number of carboxylic acids is 1. The molecule has 0 heterocycles. The van der Waals surface area contributed by atoms with Crippen LogP contribution >= 0.6 is 0 Å². The van der Waals surface area contributed by atoms with Crippen molar-refractivity contribution >= 4 is 5.97 Å². The van der Waals surface area contributed by atoms with Gasteiger partial charge < -0.3 is 5.11 Å². The van der Waals surface area contributed by atoms with Crippen LogP contribution in [0.1, 0.15) is 26.7 Å². The summed E-state index contributed by atoms with van der Waals surface area (Å²) in [5.41, 5.74) is -0.744. The first-order valence-corrected chi connectivity index (χ1v) is 4.76. The maximum atomic E-state index is 11.0. The van der Waals surface area contributed by atoms with Gasteiger partial charge in [0, 0.05) is 0 Å². The molecule has 0 aromatic carbocycles. The van der Waals surface area contributed by atoms with Gasteiger partial charge in [0.25, 0.3) is 0 Å². The van der Waals surface area contributed by atoms with Gasteiger partial charge in [-0.05, 0) is 18.8 Å². The SMILES string of the molecule is CCC1C=CC(CC)(C(=O)O)C=C1. The highest BCUT2D eigenvalue weighted by molar-refractivity contribution is 5.80. The minimum absolute atomic E-state index is 0.416. The van der Waals surface area contributed by atoms with Crippen molar-refractivity contribution in [2.75, 3.05) is 0 Å². The van der Waals surface area contributed by atoms with Crippen molar-refractivity contribution in [1.82, 2.24) is 0 Å².